The molecule has 1 aliphatic carbocycles. The van der Waals surface area contributed by atoms with Crippen LogP contribution in [-0.4, -0.2) is 16.6 Å². The fourth-order valence-corrected chi connectivity index (χ4v) is 1.84. The van der Waals surface area contributed by atoms with E-state index in [9.17, 15) is 9.90 Å². The van der Waals surface area contributed by atoms with E-state index in [1.54, 1.807) is 13.0 Å². The van der Waals surface area contributed by atoms with Gasteiger partial charge in [0.15, 0.2) is 0 Å². The molecule has 0 fully saturated rings. The Morgan fingerprint density at radius 2 is 2.21 bits per heavy atom. The normalized spacial score (nSPS) is 26.9. The topological polar surface area (TPSA) is 69.6 Å². The molecule has 0 spiro atoms. The Bertz CT molecular complexity index is 346. The third-order valence-electron chi connectivity index (χ3n) is 1.83. The SMILES string of the molecule is CC1(C=O)C=C(Br)C=C(NO)C(O)=C1. The van der Waals surface area contributed by atoms with E-state index < -0.39 is 5.41 Å². The minimum Gasteiger partial charge on any atom is -0.506 e. The van der Waals surface area contributed by atoms with Gasteiger partial charge in [0.25, 0.3) is 0 Å². The third kappa shape index (κ3) is 2.24. The lowest BCUT2D eigenvalue weighted by atomic mass is 9.92. The van der Waals surface area contributed by atoms with Crippen molar-refractivity contribution in [2.24, 2.45) is 5.41 Å². The van der Waals surface area contributed by atoms with Crippen LogP contribution in [0.15, 0.2) is 34.2 Å². The molecule has 14 heavy (non-hydrogen) atoms. The summed E-state index contributed by atoms with van der Waals surface area (Å²) in [5, 5.41) is 18.2. The van der Waals surface area contributed by atoms with Crippen LogP contribution in [0, 0.1) is 5.41 Å². The number of halogens is 1. The summed E-state index contributed by atoms with van der Waals surface area (Å²) in [6.45, 7) is 1.64. The van der Waals surface area contributed by atoms with Crippen LogP contribution < -0.4 is 5.48 Å². The average molecular weight is 260 g/mol. The molecule has 0 aromatic carbocycles. The van der Waals surface area contributed by atoms with E-state index >= 15 is 0 Å². The number of hydrogen-bond donors (Lipinski definition) is 3. The first-order chi connectivity index (χ1) is 6.50. The summed E-state index contributed by atoms with van der Waals surface area (Å²) < 4.78 is 0.601. The van der Waals surface area contributed by atoms with Crippen molar-refractivity contribution in [2.45, 2.75) is 6.92 Å². The lowest BCUT2D eigenvalue weighted by Gasteiger charge is -2.12. The summed E-state index contributed by atoms with van der Waals surface area (Å²) in [4.78, 5) is 10.8. The molecule has 0 aromatic heterocycles. The number of hydrogen-bond acceptors (Lipinski definition) is 4. The van der Waals surface area contributed by atoms with E-state index in [4.69, 9.17) is 5.21 Å². The van der Waals surface area contributed by atoms with E-state index in [1.807, 2.05) is 5.48 Å². The molecule has 0 bridgehead atoms. The second-order valence-electron chi connectivity index (χ2n) is 3.21. The number of aldehydes is 1. The van der Waals surface area contributed by atoms with Crippen LogP contribution in [0.5, 0.6) is 0 Å². The Morgan fingerprint density at radius 1 is 1.57 bits per heavy atom. The second kappa shape index (κ2) is 3.98. The van der Waals surface area contributed by atoms with E-state index in [0.717, 1.165) is 0 Å². The predicted molar refractivity (Wildman–Crippen MR) is 54.9 cm³/mol. The molecular formula is C9H10BrNO3. The molecule has 0 saturated carbocycles. The molecule has 76 valence electrons. The van der Waals surface area contributed by atoms with Gasteiger partial charge in [-0.2, -0.15) is 0 Å². The van der Waals surface area contributed by atoms with Gasteiger partial charge in [-0.25, -0.2) is 0 Å². The summed E-state index contributed by atoms with van der Waals surface area (Å²) in [5.41, 5.74) is 1.10. The maximum atomic E-state index is 10.8. The van der Waals surface area contributed by atoms with Crippen molar-refractivity contribution in [2.75, 3.05) is 0 Å². The van der Waals surface area contributed by atoms with Crippen LogP contribution in [0.2, 0.25) is 0 Å². The first-order valence-corrected chi connectivity index (χ1v) is 4.69. The van der Waals surface area contributed by atoms with Gasteiger partial charge in [-0.15, -0.1) is 0 Å². The van der Waals surface area contributed by atoms with Gasteiger partial charge < -0.3 is 9.90 Å². The molecule has 1 unspecified atom stereocenters. The van der Waals surface area contributed by atoms with Gasteiger partial charge in [0.1, 0.15) is 17.7 Å². The molecular weight excluding hydrogens is 250 g/mol. The van der Waals surface area contributed by atoms with Crippen molar-refractivity contribution >= 4 is 22.2 Å². The summed E-state index contributed by atoms with van der Waals surface area (Å²) in [6, 6.07) is 0. The van der Waals surface area contributed by atoms with Crippen molar-refractivity contribution in [1.82, 2.24) is 5.48 Å². The van der Waals surface area contributed by atoms with E-state index in [1.165, 1.54) is 12.2 Å². The quantitative estimate of drug-likeness (QED) is 0.523. The van der Waals surface area contributed by atoms with Crippen LogP contribution in [0.25, 0.3) is 0 Å². The molecule has 0 saturated heterocycles. The fraction of sp³-hybridized carbons (Fsp3) is 0.222. The minimum atomic E-state index is -0.877. The molecule has 5 heteroatoms. The molecule has 4 nitrogen and oxygen atoms in total. The summed E-state index contributed by atoms with van der Waals surface area (Å²) in [6.07, 6.45) is 5.16. The van der Waals surface area contributed by atoms with Crippen LogP contribution in [0.3, 0.4) is 0 Å². The molecule has 1 aliphatic rings. The summed E-state index contributed by atoms with van der Waals surface area (Å²) >= 11 is 3.19. The number of rotatable bonds is 2. The highest BCUT2D eigenvalue weighted by atomic mass is 79.9. The number of carbonyl (C=O) groups excluding carboxylic acids is 1. The van der Waals surface area contributed by atoms with Gasteiger partial charge in [0, 0.05) is 4.48 Å². The number of aliphatic hydroxyl groups excluding tert-OH is 1. The van der Waals surface area contributed by atoms with Crippen molar-refractivity contribution < 1.29 is 15.1 Å². The summed E-state index contributed by atoms with van der Waals surface area (Å²) in [5.74, 6) is -0.173. The van der Waals surface area contributed by atoms with Crippen LogP contribution in [-0.2, 0) is 4.79 Å². The average Bonchev–Trinajstić information content (AvgIpc) is 2.23. The van der Waals surface area contributed by atoms with Gasteiger partial charge in [-0.3, -0.25) is 10.7 Å². The smallest absolute Gasteiger partial charge is 0.138 e. The zero-order valence-corrected chi connectivity index (χ0v) is 9.08. The first-order valence-electron chi connectivity index (χ1n) is 3.89. The van der Waals surface area contributed by atoms with Crippen LogP contribution >= 0.6 is 15.9 Å². The van der Waals surface area contributed by atoms with Gasteiger partial charge in [0.05, 0.1) is 5.41 Å². The maximum Gasteiger partial charge on any atom is 0.138 e. The zero-order valence-electron chi connectivity index (χ0n) is 7.49. The van der Waals surface area contributed by atoms with Crippen molar-refractivity contribution in [3.63, 3.8) is 0 Å². The van der Waals surface area contributed by atoms with E-state index in [2.05, 4.69) is 15.9 Å². The highest BCUT2D eigenvalue weighted by Crippen LogP contribution is 2.28. The van der Waals surface area contributed by atoms with Crippen molar-refractivity contribution in [3.05, 3.63) is 34.2 Å². The van der Waals surface area contributed by atoms with Crippen molar-refractivity contribution in [3.8, 4) is 0 Å². The van der Waals surface area contributed by atoms with Gasteiger partial charge in [-0.05, 0) is 19.1 Å². The standard InChI is InChI=1S/C9H10BrNO3/c1-9(5-12)3-6(10)2-7(11-14)8(13)4-9/h2-5,11,13-14H,1H3. The molecule has 0 aromatic rings. The van der Waals surface area contributed by atoms with E-state index in [0.29, 0.717) is 10.8 Å². The molecule has 0 amide bonds. The Hall–Kier alpha value is -1.07. The van der Waals surface area contributed by atoms with Gasteiger partial charge in [0.2, 0.25) is 0 Å². The molecule has 0 aliphatic heterocycles. The highest BCUT2D eigenvalue weighted by molar-refractivity contribution is 9.11. The number of nitrogens with one attached hydrogen (secondary N) is 1. The lowest BCUT2D eigenvalue weighted by molar-refractivity contribution is -0.111. The Morgan fingerprint density at radius 3 is 2.71 bits per heavy atom. The predicted octanol–water partition coefficient (Wildman–Crippen LogP) is 1.79. The van der Waals surface area contributed by atoms with Crippen molar-refractivity contribution in [1.29, 1.82) is 0 Å². The minimum absolute atomic E-state index is 0.138. The number of aliphatic hydroxyl groups is 1. The Balaban J connectivity index is 3.21. The maximum absolute atomic E-state index is 10.8. The number of hydroxylamine groups is 1. The van der Waals surface area contributed by atoms with Crippen LogP contribution in [0.1, 0.15) is 6.92 Å². The fourth-order valence-electron chi connectivity index (χ4n) is 1.12. The monoisotopic (exact) mass is 259 g/mol. The molecule has 1 atom stereocenters. The molecule has 1 rings (SSSR count). The number of allylic oxidation sites excluding steroid dienone is 4. The number of carbonyl (C=O) groups is 1. The first kappa shape index (κ1) is 11.0. The molecule has 0 heterocycles. The molecule has 3 N–H and O–H groups in total. The third-order valence-corrected chi connectivity index (χ3v) is 2.29. The van der Waals surface area contributed by atoms with Gasteiger partial charge >= 0.3 is 0 Å². The lowest BCUT2D eigenvalue weighted by Crippen LogP contribution is -2.14. The zero-order chi connectivity index (χ0) is 10.8. The van der Waals surface area contributed by atoms with Crippen LogP contribution in [0.4, 0.5) is 0 Å². The van der Waals surface area contributed by atoms with Gasteiger partial charge in [-0.1, -0.05) is 22.0 Å². The largest absolute Gasteiger partial charge is 0.506 e. The van der Waals surface area contributed by atoms with E-state index in [-0.39, 0.29) is 11.5 Å². The Labute approximate surface area is 89.7 Å². The Kier molecular flexibility index (Phi) is 3.13. The highest BCUT2D eigenvalue weighted by Gasteiger charge is 2.23. The second-order valence-corrected chi connectivity index (χ2v) is 4.13. The summed E-state index contributed by atoms with van der Waals surface area (Å²) in [7, 11) is 0. The molecule has 0 radical (unpaired) electrons.